The number of fused-ring (bicyclic) bond motifs is 1. The van der Waals surface area contributed by atoms with Gasteiger partial charge in [0.1, 0.15) is 11.6 Å². The van der Waals surface area contributed by atoms with Crippen LogP contribution in [0.3, 0.4) is 0 Å². The summed E-state index contributed by atoms with van der Waals surface area (Å²) in [6, 6.07) is 14.8. The zero-order chi connectivity index (χ0) is 24.3. The standard InChI is InChI=1S/C23H19F2N3O4S2/c1-32-13-12-28-21-19(25)6-3-7-20(21)33-23(28)26-22(29)15-4-2-5-17(14-15)27-34(30,31)18-10-8-16(24)9-11-18/h2-11,14,27H,12-13H2,1H3. The molecule has 176 valence electrons. The molecule has 34 heavy (non-hydrogen) atoms. The molecule has 0 aliphatic carbocycles. The van der Waals surface area contributed by atoms with Crippen LogP contribution in [0.1, 0.15) is 10.4 Å². The number of benzene rings is 3. The van der Waals surface area contributed by atoms with E-state index in [1.165, 1.54) is 37.4 Å². The fraction of sp³-hybridized carbons (Fsp3) is 0.130. The number of aromatic nitrogens is 1. The van der Waals surface area contributed by atoms with E-state index in [1.807, 2.05) is 0 Å². The Morgan fingerprint density at radius 1 is 1.09 bits per heavy atom. The second-order valence-electron chi connectivity index (χ2n) is 7.17. The summed E-state index contributed by atoms with van der Waals surface area (Å²) in [5, 5.41) is 0. The number of nitrogens with one attached hydrogen (secondary N) is 1. The first kappa shape index (κ1) is 23.7. The molecular weight excluding hydrogens is 484 g/mol. The minimum atomic E-state index is -3.99. The van der Waals surface area contributed by atoms with Gasteiger partial charge in [-0.1, -0.05) is 23.5 Å². The van der Waals surface area contributed by atoms with Crippen LogP contribution >= 0.6 is 11.3 Å². The highest BCUT2D eigenvalue weighted by atomic mass is 32.2. The monoisotopic (exact) mass is 503 g/mol. The normalized spacial score (nSPS) is 12.3. The van der Waals surface area contributed by atoms with Crippen LogP contribution in [-0.4, -0.2) is 32.6 Å². The number of ether oxygens (including phenoxy) is 1. The van der Waals surface area contributed by atoms with Crippen LogP contribution in [0.15, 0.2) is 76.6 Å². The maximum absolute atomic E-state index is 14.5. The van der Waals surface area contributed by atoms with Crippen LogP contribution in [0.4, 0.5) is 14.5 Å². The Hall–Kier alpha value is -3.41. The van der Waals surface area contributed by atoms with Gasteiger partial charge < -0.3 is 9.30 Å². The number of para-hydroxylation sites is 1. The quantitative estimate of drug-likeness (QED) is 0.410. The molecule has 0 radical (unpaired) electrons. The van der Waals surface area contributed by atoms with Crippen molar-refractivity contribution >= 4 is 43.2 Å². The fourth-order valence-corrected chi connectivity index (χ4v) is 5.38. The lowest BCUT2D eigenvalue weighted by atomic mass is 10.2. The highest BCUT2D eigenvalue weighted by Gasteiger charge is 2.16. The third-order valence-electron chi connectivity index (χ3n) is 4.85. The highest BCUT2D eigenvalue weighted by molar-refractivity contribution is 7.92. The number of sulfonamides is 1. The van der Waals surface area contributed by atoms with Crippen molar-refractivity contribution in [3.05, 3.63) is 88.7 Å². The second-order valence-corrected chi connectivity index (χ2v) is 9.86. The van der Waals surface area contributed by atoms with Crippen molar-refractivity contribution in [1.29, 1.82) is 0 Å². The molecule has 0 saturated carbocycles. The highest BCUT2D eigenvalue weighted by Crippen LogP contribution is 2.21. The average Bonchev–Trinajstić information content (AvgIpc) is 3.16. The van der Waals surface area contributed by atoms with E-state index in [0.29, 0.717) is 28.2 Å². The Balaban J connectivity index is 1.67. The number of methoxy groups -OCH3 is 1. The Morgan fingerprint density at radius 2 is 1.82 bits per heavy atom. The van der Waals surface area contributed by atoms with Gasteiger partial charge in [0.15, 0.2) is 4.80 Å². The summed E-state index contributed by atoms with van der Waals surface area (Å²) < 4.78 is 62.4. The maximum atomic E-state index is 14.5. The van der Waals surface area contributed by atoms with E-state index in [-0.39, 0.29) is 16.1 Å². The lowest BCUT2D eigenvalue weighted by Crippen LogP contribution is -2.20. The summed E-state index contributed by atoms with van der Waals surface area (Å²) in [5.74, 6) is -1.62. The number of carbonyl (C=O) groups excluding carboxylic acids is 1. The number of hydrogen-bond acceptors (Lipinski definition) is 5. The van der Waals surface area contributed by atoms with Crippen molar-refractivity contribution in [2.45, 2.75) is 11.4 Å². The first-order valence-corrected chi connectivity index (χ1v) is 12.3. The van der Waals surface area contributed by atoms with Crippen LogP contribution < -0.4 is 9.52 Å². The van der Waals surface area contributed by atoms with Gasteiger partial charge in [-0.25, -0.2) is 17.2 Å². The molecule has 7 nitrogen and oxygen atoms in total. The molecule has 11 heteroatoms. The zero-order valence-corrected chi connectivity index (χ0v) is 19.5. The second kappa shape index (κ2) is 9.84. The molecule has 0 saturated heterocycles. The van der Waals surface area contributed by atoms with Crippen LogP contribution in [0.5, 0.6) is 0 Å². The van der Waals surface area contributed by atoms with Crippen molar-refractivity contribution in [2.24, 2.45) is 4.99 Å². The summed E-state index contributed by atoms with van der Waals surface area (Å²) in [6.07, 6.45) is 0. The summed E-state index contributed by atoms with van der Waals surface area (Å²) in [6.45, 7) is 0.587. The SMILES string of the molecule is COCCn1c(=NC(=O)c2cccc(NS(=O)(=O)c3ccc(F)cc3)c2)sc2cccc(F)c21. The Kier molecular flexibility index (Phi) is 6.87. The van der Waals surface area contributed by atoms with Crippen LogP contribution in [0, 0.1) is 11.6 Å². The molecular formula is C23H19F2N3O4S2. The zero-order valence-electron chi connectivity index (χ0n) is 17.9. The molecule has 1 heterocycles. The largest absolute Gasteiger partial charge is 0.383 e. The van der Waals surface area contributed by atoms with Crippen LogP contribution in [-0.2, 0) is 21.3 Å². The Labute approximate surface area is 198 Å². The van der Waals surface area contributed by atoms with Gasteiger partial charge in [0, 0.05) is 24.9 Å². The molecule has 0 fully saturated rings. The Bertz CT molecular complexity index is 1530. The van der Waals surface area contributed by atoms with Crippen molar-refractivity contribution in [3.8, 4) is 0 Å². The van der Waals surface area contributed by atoms with Crippen molar-refractivity contribution in [1.82, 2.24) is 4.57 Å². The first-order valence-electron chi connectivity index (χ1n) is 10.0. The molecule has 1 aromatic heterocycles. The fourth-order valence-electron chi connectivity index (χ4n) is 3.26. The summed E-state index contributed by atoms with van der Waals surface area (Å²) in [4.78, 5) is 17.2. The molecule has 0 aliphatic heterocycles. The number of hydrogen-bond donors (Lipinski definition) is 1. The number of nitrogens with zero attached hydrogens (tertiary/aromatic N) is 2. The van der Waals surface area contributed by atoms with Gasteiger partial charge in [-0.2, -0.15) is 4.99 Å². The summed E-state index contributed by atoms with van der Waals surface area (Å²) in [7, 11) is -2.47. The van der Waals surface area contributed by atoms with Gasteiger partial charge in [0.05, 0.1) is 21.7 Å². The average molecular weight is 504 g/mol. The molecule has 4 rings (SSSR count). The molecule has 0 unspecified atom stereocenters. The van der Waals surface area contributed by atoms with Gasteiger partial charge in [-0.3, -0.25) is 9.52 Å². The van der Waals surface area contributed by atoms with Gasteiger partial charge in [-0.05, 0) is 54.6 Å². The lowest BCUT2D eigenvalue weighted by molar-refractivity contribution is 0.0997. The van der Waals surface area contributed by atoms with E-state index >= 15 is 0 Å². The smallest absolute Gasteiger partial charge is 0.279 e. The van der Waals surface area contributed by atoms with Crippen molar-refractivity contribution in [3.63, 3.8) is 0 Å². The molecule has 0 bridgehead atoms. The van der Waals surface area contributed by atoms with E-state index in [9.17, 15) is 22.0 Å². The lowest BCUT2D eigenvalue weighted by Gasteiger charge is -2.09. The first-order chi connectivity index (χ1) is 16.3. The summed E-state index contributed by atoms with van der Waals surface area (Å²) >= 11 is 1.16. The van der Waals surface area contributed by atoms with E-state index in [1.54, 1.807) is 16.7 Å². The maximum Gasteiger partial charge on any atom is 0.279 e. The molecule has 0 aliphatic rings. The molecule has 1 N–H and O–H groups in total. The number of anilines is 1. The van der Waals surface area contributed by atoms with E-state index in [2.05, 4.69) is 9.71 Å². The minimum Gasteiger partial charge on any atom is -0.383 e. The molecule has 0 atom stereocenters. The Morgan fingerprint density at radius 3 is 2.56 bits per heavy atom. The van der Waals surface area contributed by atoms with E-state index in [0.717, 1.165) is 35.6 Å². The van der Waals surface area contributed by atoms with Crippen LogP contribution in [0.25, 0.3) is 10.2 Å². The van der Waals surface area contributed by atoms with Crippen molar-refractivity contribution in [2.75, 3.05) is 18.4 Å². The number of carbonyl (C=O) groups is 1. The van der Waals surface area contributed by atoms with Crippen LogP contribution in [0.2, 0.25) is 0 Å². The number of rotatable bonds is 7. The number of thiazole rings is 1. The van der Waals surface area contributed by atoms with Gasteiger partial charge >= 0.3 is 0 Å². The molecule has 0 spiro atoms. The van der Waals surface area contributed by atoms with E-state index in [4.69, 9.17) is 4.74 Å². The number of halogens is 2. The molecule has 1 amide bonds. The third kappa shape index (κ3) is 5.06. The minimum absolute atomic E-state index is 0.123. The van der Waals surface area contributed by atoms with E-state index < -0.39 is 27.6 Å². The molecule has 3 aromatic carbocycles. The number of amides is 1. The third-order valence-corrected chi connectivity index (χ3v) is 7.29. The topological polar surface area (TPSA) is 89.8 Å². The van der Waals surface area contributed by atoms with Gasteiger partial charge in [-0.15, -0.1) is 0 Å². The summed E-state index contributed by atoms with van der Waals surface area (Å²) in [5.41, 5.74) is 0.604. The van der Waals surface area contributed by atoms with Gasteiger partial charge in [0.2, 0.25) is 0 Å². The predicted octanol–water partition coefficient (Wildman–Crippen LogP) is 4.17. The van der Waals surface area contributed by atoms with Crippen molar-refractivity contribution < 1.29 is 26.7 Å². The predicted molar refractivity (Wildman–Crippen MR) is 125 cm³/mol. The molecule has 4 aromatic rings. The van der Waals surface area contributed by atoms with Gasteiger partial charge in [0.25, 0.3) is 15.9 Å².